The first-order valence-electron chi connectivity index (χ1n) is 13.1. The molecule has 1 spiro atoms. The maximum absolute atomic E-state index is 11.8. The van der Waals surface area contributed by atoms with Crippen molar-refractivity contribution in [2.75, 3.05) is 46.0 Å². The normalized spacial score (nSPS) is 20.6. The van der Waals surface area contributed by atoms with Crippen molar-refractivity contribution in [1.82, 2.24) is 10.2 Å². The molecule has 2 aliphatic heterocycles. The number of esters is 1. The zero-order valence-electron chi connectivity index (χ0n) is 22.2. The molecule has 2 aliphatic rings. The van der Waals surface area contributed by atoms with Crippen molar-refractivity contribution in [3.05, 3.63) is 59.8 Å². The number of likely N-dealkylation sites (tertiary alicyclic amines) is 1. The van der Waals surface area contributed by atoms with E-state index in [0.717, 1.165) is 45.4 Å². The molecule has 198 valence electrons. The Bertz CT molecular complexity index is 896. The van der Waals surface area contributed by atoms with Crippen molar-refractivity contribution in [1.29, 1.82) is 0 Å². The first-order chi connectivity index (χ1) is 17.3. The van der Waals surface area contributed by atoms with Crippen LogP contribution >= 0.6 is 0 Å². The Morgan fingerprint density at radius 3 is 2.75 bits per heavy atom. The van der Waals surface area contributed by atoms with E-state index in [2.05, 4.69) is 39.5 Å². The molecule has 7 nitrogen and oxygen atoms in total. The molecule has 0 aliphatic carbocycles. The third-order valence-electron chi connectivity index (χ3n) is 6.23. The summed E-state index contributed by atoms with van der Waals surface area (Å²) in [5, 5.41) is 3.27. The lowest BCUT2D eigenvalue weighted by molar-refractivity contribution is -0.156. The number of aliphatic imine (C=N–C) groups is 1. The quantitative estimate of drug-likeness (QED) is 0.431. The number of nitrogens with zero attached hydrogens (tertiary/aromatic N) is 2. The minimum Gasteiger partial charge on any atom is -0.460 e. The molecule has 0 aromatic heterocycles. The summed E-state index contributed by atoms with van der Waals surface area (Å²) in [6.07, 6.45) is 12.8. The fourth-order valence-electron chi connectivity index (χ4n) is 4.38. The predicted molar refractivity (Wildman–Crippen MR) is 144 cm³/mol. The smallest absolute Gasteiger partial charge is 0.308 e. The lowest BCUT2D eigenvalue weighted by atomic mass is 9.90. The third-order valence-corrected chi connectivity index (χ3v) is 6.23. The fourth-order valence-corrected chi connectivity index (χ4v) is 4.38. The van der Waals surface area contributed by atoms with Crippen molar-refractivity contribution in [3.8, 4) is 0 Å². The summed E-state index contributed by atoms with van der Waals surface area (Å²) >= 11 is 0. The summed E-state index contributed by atoms with van der Waals surface area (Å²) in [5.41, 5.74) is 1.94. The van der Waals surface area contributed by atoms with E-state index in [1.54, 1.807) is 0 Å². The summed E-state index contributed by atoms with van der Waals surface area (Å²) in [5.74, 6) is -0.216. The number of rotatable bonds is 8. The van der Waals surface area contributed by atoms with Crippen LogP contribution in [0.3, 0.4) is 0 Å². The highest BCUT2D eigenvalue weighted by atomic mass is 16.6. The molecule has 0 bridgehead atoms. The molecule has 0 unspecified atom stereocenters. The number of carbonyl (C=O) groups is 1. The van der Waals surface area contributed by atoms with Crippen LogP contribution in [0.15, 0.2) is 53.7 Å². The van der Waals surface area contributed by atoms with Gasteiger partial charge in [-0.05, 0) is 69.5 Å². The molecule has 0 saturated carbocycles. The number of hydrogen-bond acceptors (Lipinski definition) is 7. The average Bonchev–Trinajstić information content (AvgIpc) is 2.82. The lowest BCUT2D eigenvalue weighted by Crippen LogP contribution is -2.48. The van der Waals surface area contributed by atoms with Crippen LogP contribution in [0.5, 0.6) is 0 Å². The topological polar surface area (TPSA) is 72.4 Å². The van der Waals surface area contributed by atoms with Gasteiger partial charge in [0.1, 0.15) is 5.60 Å². The molecule has 7 heteroatoms. The molecule has 36 heavy (non-hydrogen) atoms. The van der Waals surface area contributed by atoms with Gasteiger partial charge in [0.2, 0.25) is 0 Å². The first kappa shape index (κ1) is 28.1. The van der Waals surface area contributed by atoms with Crippen LogP contribution in [0.25, 0.3) is 0 Å². The van der Waals surface area contributed by atoms with E-state index in [1.165, 1.54) is 11.1 Å². The van der Waals surface area contributed by atoms with Gasteiger partial charge in [0.05, 0.1) is 38.4 Å². The van der Waals surface area contributed by atoms with Crippen molar-refractivity contribution in [3.63, 3.8) is 0 Å². The summed E-state index contributed by atoms with van der Waals surface area (Å²) in [4.78, 5) is 18.9. The van der Waals surface area contributed by atoms with Gasteiger partial charge in [0.25, 0.3) is 0 Å². The van der Waals surface area contributed by atoms with Crippen LogP contribution in [-0.2, 0) is 32.0 Å². The van der Waals surface area contributed by atoms with Crippen LogP contribution in [0.1, 0.15) is 51.2 Å². The molecule has 0 radical (unpaired) electrons. The Hall–Kier alpha value is -2.48. The number of hydrogen-bond donors (Lipinski definition) is 1. The summed E-state index contributed by atoms with van der Waals surface area (Å²) in [6.45, 7) is 11.7. The SMILES string of the molecule is CC(C)(C)OC(=O)CCOCCc1cccc(CN2CCC3(CC2)CN=C/C=C\C=C\NCCO3)c1. The van der Waals surface area contributed by atoms with Gasteiger partial charge < -0.3 is 19.5 Å². The summed E-state index contributed by atoms with van der Waals surface area (Å²) in [7, 11) is 0. The van der Waals surface area contributed by atoms with E-state index in [9.17, 15) is 4.79 Å². The molecule has 1 saturated heterocycles. The van der Waals surface area contributed by atoms with Crippen LogP contribution < -0.4 is 5.32 Å². The van der Waals surface area contributed by atoms with E-state index in [0.29, 0.717) is 26.4 Å². The highest BCUT2D eigenvalue weighted by Crippen LogP contribution is 2.28. The summed E-state index contributed by atoms with van der Waals surface area (Å²) in [6, 6.07) is 8.72. The molecule has 1 fully saturated rings. The highest BCUT2D eigenvalue weighted by Gasteiger charge is 2.35. The Labute approximate surface area is 216 Å². The van der Waals surface area contributed by atoms with Crippen molar-refractivity contribution in [2.45, 2.75) is 64.2 Å². The molecular formula is C29H43N3O4. The van der Waals surface area contributed by atoms with Crippen molar-refractivity contribution < 1.29 is 19.0 Å². The molecule has 3 rings (SSSR count). The maximum Gasteiger partial charge on any atom is 0.308 e. The number of ether oxygens (including phenoxy) is 3. The van der Waals surface area contributed by atoms with E-state index >= 15 is 0 Å². The van der Waals surface area contributed by atoms with E-state index in [4.69, 9.17) is 14.2 Å². The zero-order chi connectivity index (χ0) is 25.7. The Morgan fingerprint density at radius 1 is 1.14 bits per heavy atom. The maximum atomic E-state index is 11.8. The lowest BCUT2D eigenvalue weighted by Gasteiger charge is -2.41. The second-order valence-corrected chi connectivity index (χ2v) is 10.5. The minimum absolute atomic E-state index is 0.177. The molecule has 1 aromatic carbocycles. The standard InChI is InChI=1S/C29H43N3O4/c1-28(2,3)36-27(33)11-20-34-19-10-25-8-7-9-26(22-25)23-32-17-12-29(13-18-32)24-31-15-6-4-5-14-30-16-21-35-29/h4-9,14-15,22,30H,10-13,16-21,23-24H2,1-3H3/b6-4-,14-5+,31-15?. The minimum atomic E-state index is -0.451. The molecule has 1 aromatic rings. The fraction of sp³-hybridized carbons (Fsp3) is 0.586. The molecule has 0 atom stereocenters. The van der Waals surface area contributed by atoms with E-state index < -0.39 is 5.60 Å². The van der Waals surface area contributed by atoms with Crippen molar-refractivity contribution >= 4 is 12.2 Å². The van der Waals surface area contributed by atoms with Gasteiger partial charge in [-0.3, -0.25) is 14.7 Å². The monoisotopic (exact) mass is 497 g/mol. The number of allylic oxidation sites excluding steroid dienone is 3. The van der Waals surface area contributed by atoms with Crippen LogP contribution in [0.4, 0.5) is 0 Å². The Balaban J connectivity index is 1.41. The summed E-state index contributed by atoms with van der Waals surface area (Å²) < 4.78 is 17.4. The number of nitrogens with one attached hydrogen (secondary N) is 1. The first-order valence-corrected chi connectivity index (χ1v) is 13.1. The van der Waals surface area contributed by atoms with Crippen LogP contribution in [0, 0.1) is 0 Å². The largest absolute Gasteiger partial charge is 0.460 e. The molecule has 2 heterocycles. The second kappa shape index (κ2) is 14.3. The number of carbonyl (C=O) groups excluding carboxylic acids is 1. The third kappa shape index (κ3) is 10.6. The van der Waals surface area contributed by atoms with Gasteiger partial charge in [0.15, 0.2) is 0 Å². The van der Waals surface area contributed by atoms with Gasteiger partial charge in [-0.15, -0.1) is 0 Å². The molecule has 1 N–H and O–H groups in total. The molecular weight excluding hydrogens is 454 g/mol. The van der Waals surface area contributed by atoms with Gasteiger partial charge in [-0.25, -0.2) is 0 Å². The Kier molecular flexibility index (Phi) is 11.2. The highest BCUT2D eigenvalue weighted by molar-refractivity contribution is 5.71. The van der Waals surface area contributed by atoms with Gasteiger partial charge >= 0.3 is 5.97 Å². The van der Waals surface area contributed by atoms with E-state index in [-0.39, 0.29) is 18.0 Å². The predicted octanol–water partition coefficient (Wildman–Crippen LogP) is 4.07. The number of piperidine rings is 1. The van der Waals surface area contributed by atoms with E-state index in [1.807, 2.05) is 51.4 Å². The molecule has 0 amide bonds. The van der Waals surface area contributed by atoms with Crippen molar-refractivity contribution in [2.24, 2.45) is 4.99 Å². The number of benzene rings is 1. The van der Waals surface area contributed by atoms with Crippen LogP contribution in [0.2, 0.25) is 0 Å². The zero-order valence-corrected chi connectivity index (χ0v) is 22.2. The van der Waals surface area contributed by atoms with Gasteiger partial charge in [-0.1, -0.05) is 30.3 Å². The van der Waals surface area contributed by atoms with Crippen LogP contribution in [-0.4, -0.2) is 74.3 Å². The van der Waals surface area contributed by atoms with Gasteiger partial charge in [0, 0.05) is 32.4 Å². The average molecular weight is 498 g/mol. The Morgan fingerprint density at radius 2 is 1.94 bits per heavy atom. The van der Waals surface area contributed by atoms with Gasteiger partial charge in [-0.2, -0.15) is 0 Å². The second-order valence-electron chi connectivity index (χ2n) is 10.5.